The number of nitrogens with zero attached hydrogens (tertiary/aromatic N) is 4. The third-order valence-corrected chi connectivity index (χ3v) is 8.03. The van der Waals surface area contributed by atoms with Gasteiger partial charge in [-0.1, -0.05) is 6.07 Å². The standard InChI is InChI=1S/C31H31F7N4O3/c1-18-9-22(32)5-6-24(18)25-13-27(42-8-7-41(17-44)15-23(42)16-43)39-14-26(25)40(4)28(45)29(2,3)19-10-20(30(33,34)35)12-21(11-19)31(36,37)38/h5-6,9-14,17,23,43H,7-8,15-16H2,1-4H3/t23-/m0/s1. The van der Waals surface area contributed by atoms with E-state index >= 15 is 0 Å². The predicted octanol–water partition coefficient (Wildman–Crippen LogP) is 5.81. The minimum absolute atomic E-state index is 0.000389. The minimum Gasteiger partial charge on any atom is -0.394 e. The van der Waals surface area contributed by atoms with Crippen LogP contribution in [0, 0.1) is 12.7 Å². The molecule has 45 heavy (non-hydrogen) atoms. The van der Waals surface area contributed by atoms with Crippen LogP contribution in [0.3, 0.4) is 0 Å². The van der Waals surface area contributed by atoms with E-state index in [1.807, 2.05) is 0 Å². The van der Waals surface area contributed by atoms with Crippen molar-refractivity contribution in [3.63, 3.8) is 0 Å². The first kappa shape index (κ1) is 33.7. The number of hydrogen-bond donors (Lipinski definition) is 1. The van der Waals surface area contributed by atoms with Gasteiger partial charge in [-0.2, -0.15) is 26.3 Å². The van der Waals surface area contributed by atoms with Crippen LogP contribution in [0.25, 0.3) is 11.1 Å². The van der Waals surface area contributed by atoms with Crippen LogP contribution in [0.1, 0.15) is 36.1 Å². The molecular weight excluding hydrogens is 609 g/mol. The van der Waals surface area contributed by atoms with Gasteiger partial charge in [0.25, 0.3) is 0 Å². The fraction of sp³-hybridized carbons (Fsp3) is 0.387. The number of halogens is 7. The maximum absolute atomic E-state index is 14.1. The van der Waals surface area contributed by atoms with Gasteiger partial charge in [0, 0.05) is 32.2 Å². The summed E-state index contributed by atoms with van der Waals surface area (Å²) in [6, 6.07) is 6.12. The molecule has 0 spiro atoms. The fourth-order valence-electron chi connectivity index (χ4n) is 5.41. The molecule has 1 aliphatic rings. The summed E-state index contributed by atoms with van der Waals surface area (Å²) in [6.07, 6.45) is -8.20. The zero-order valence-electron chi connectivity index (χ0n) is 24.8. The van der Waals surface area contributed by atoms with Gasteiger partial charge in [0.1, 0.15) is 11.6 Å². The molecule has 1 atom stereocenters. The highest BCUT2D eigenvalue weighted by Crippen LogP contribution is 2.41. The van der Waals surface area contributed by atoms with E-state index in [4.69, 9.17) is 0 Å². The average molecular weight is 641 g/mol. The highest BCUT2D eigenvalue weighted by Gasteiger charge is 2.41. The van der Waals surface area contributed by atoms with Gasteiger partial charge in [0.15, 0.2) is 0 Å². The van der Waals surface area contributed by atoms with Crippen LogP contribution in [0.15, 0.2) is 48.7 Å². The second kappa shape index (κ2) is 12.3. The molecule has 242 valence electrons. The van der Waals surface area contributed by atoms with Gasteiger partial charge in [-0.25, -0.2) is 9.37 Å². The zero-order chi connectivity index (χ0) is 33.5. The molecule has 2 amide bonds. The third kappa shape index (κ3) is 6.90. The number of aromatic nitrogens is 1. The van der Waals surface area contributed by atoms with Crippen LogP contribution in [0.4, 0.5) is 42.2 Å². The third-order valence-electron chi connectivity index (χ3n) is 8.03. The SMILES string of the molecule is Cc1cc(F)ccc1-c1cc(N2CCN(C=O)C[C@H]2CO)ncc1N(C)C(=O)C(C)(C)c1cc(C(F)(F)F)cc(C(F)(F)F)c1. The van der Waals surface area contributed by atoms with Crippen molar-refractivity contribution >= 4 is 23.8 Å². The smallest absolute Gasteiger partial charge is 0.394 e. The zero-order valence-corrected chi connectivity index (χ0v) is 24.8. The van der Waals surface area contributed by atoms with Crippen LogP contribution in [-0.2, 0) is 27.4 Å². The molecule has 7 nitrogen and oxygen atoms in total. The second-order valence-corrected chi connectivity index (χ2v) is 11.4. The molecule has 0 aliphatic carbocycles. The van der Waals surface area contributed by atoms with Crippen molar-refractivity contribution in [2.24, 2.45) is 0 Å². The quantitative estimate of drug-likeness (QED) is 0.261. The van der Waals surface area contributed by atoms with Crippen LogP contribution < -0.4 is 9.80 Å². The molecular formula is C31H31F7N4O3. The lowest BCUT2D eigenvalue weighted by atomic mass is 9.81. The van der Waals surface area contributed by atoms with Crippen molar-refractivity contribution in [3.05, 3.63) is 76.7 Å². The Labute approximate surface area is 254 Å². The Morgan fingerprint density at radius 3 is 2.11 bits per heavy atom. The van der Waals surface area contributed by atoms with E-state index < -0.39 is 52.2 Å². The number of amides is 2. The molecule has 2 aromatic carbocycles. The van der Waals surface area contributed by atoms with E-state index in [0.717, 1.165) is 4.90 Å². The molecule has 4 rings (SSSR count). The van der Waals surface area contributed by atoms with Gasteiger partial charge < -0.3 is 19.8 Å². The summed E-state index contributed by atoms with van der Waals surface area (Å²) in [7, 11) is 1.32. The van der Waals surface area contributed by atoms with Crippen molar-refractivity contribution in [2.45, 2.75) is 44.6 Å². The number of piperazine rings is 1. The minimum atomic E-state index is -5.10. The molecule has 0 bridgehead atoms. The van der Waals surface area contributed by atoms with E-state index in [-0.39, 0.29) is 24.9 Å². The van der Waals surface area contributed by atoms with Gasteiger partial charge in [-0.15, -0.1) is 0 Å². The van der Waals surface area contributed by atoms with Crippen molar-refractivity contribution in [3.8, 4) is 11.1 Å². The first-order valence-corrected chi connectivity index (χ1v) is 13.8. The van der Waals surface area contributed by atoms with Crippen molar-refractivity contribution in [1.82, 2.24) is 9.88 Å². The van der Waals surface area contributed by atoms with E-state index in [1.54, 1.807) is 17.9 Å². The molecule has 1 aliphatic heterocycles. The number of carbonyl (C=O) groups is 2. The number of anilines is 2. The van der Waals surface area contributed by atoms with Crippen molar-refractivity contribution in [1.29, 1.82) is 0 Å². The number of benzene rings is 2. The lowest BCUT2D eigenvalue weighted by Gasteiger charge is -2.40. The van der Waals surface area contributed by atoms with Crippen LogP contribution in [-0.4, -0.2) is 66.6 Å². The first-order valence-electron chi connectivity index (χ1n) is 13.8. The number of aryl methyl sites for hydroxylation is 1. The molecule has 14 heteroatoms. The molecule has 2 heterocycles. The van der Waals surface area contributed by atoms with Crippen LogP contribution in [0.5, 0.6) is 0 Å². The first-order chi connectivity index (χ1) is 20.9. The van der Waals surface area contributed by atoms with Crippen molar-refractivity contribution in [2.75, 3.05) is 43.1 Å². The summed E-state index contributed by atoms with van der Waals surface area (Å²) >= 11 is 0. The number of pyridine rings is 1. The van der Waals surface area contributed by atoms with E-state index in [2.05, 4.69) is 4.98 Å². The van der Waals surface area contributed by atoms with Gasteiger partial charge in [0.2, 0.25) is 12.3 Å². The van der Waals surface area contributed by atoms with Gasteiger partial charge >= 0.3 is 12.4 Å². The largest absolute Gasteiger partial charge is 0.416 e. The van der Waals surface area contributed by atoms with Crippen molar-refractivity contribution < 1.29 is 45.4 Å². The number of rotatable bonds is 7. The van der Waals surface area contributed by atoms with E-state index in [0.29, 0.717) is 54.1 Å². The van der Waals surface area contributed by atoms with Crippen LogP contribution in [0.2, 0.25) is 0 Å². The number of hydrogen-bond acceptors (Lipinski definition) is 5. The Kier molecular flexibility index (Phi) is 9.21. The predicted molar refractivity (Wildman–Crippen MR) is 153 cm³/mol. The Balaban J connectivity index is 1.83. The summed E-state index contributed by atoms with van der Waals surface area (Å²) in [4.78, 5) is 34.1. The number of carbonyl (C=O) groups excluding carboxylic acids is 2. The number of alkyl halides is 6. The van der Waals surface area contributed by atoms with Crippen LogP contribution >= 0.6 is 0 Å². The summed E-state index contributed by atoms with van der Waals surface area (Å²) in [6.45, 7) is 4.67. The van der Waals surface area contributed by atoms with Gasteiger partial charge in [0.05, 0.1) is 41.1 Å². The fourth-order valence-corrected chi connectivity index (χ4v) is 5.41. The normalized spacial score (nSPS) is 16.1. The molecule has 0 radical (unpaired) electrons. The maximum atomic E-state index is 14.1. The lowest BCUT2D eigenvalue weighted by Crippen LogP contribution is -2.54. The number of likely N-dealkylation sites (N-methyl/N-ethyl adjacent to an activating group) is 1. The van der Waals surface area contributed by atoms with Gasteiger partial charge in [-0.3, -0.25) is 9.59 Å². The summed E-state index contributed by atoms with van der Waals surface area (Å²) in [5.74, 6) is -0.985. The lowest BCUT2D eigenvalue weighted by molar-refractivity contribution is -0.143. The number of aliphatic hydroxyl groups is 1. The molecule has 1 saturated heterocycles. The Hall–Kier alpha value is -4.20. The molecule has 1 N–H and O–H groups in total. The average Bonchev–Trinajstić information content (AvgIpc) is 2.98. The molecule has 0 unspecified atom stereocenters. The monoisotopic (exact) mass is 640 g/mol. The number of aliphatic hydroxyl groups excluding tert-OH is 1. The second-order valence-electron chi connectivity index (χ2n) is 11.4. The van der Waals surface area contributed by atoms with E-state index in [1.165, 1.54) is 50.2 Å². The summed E-state index contributed by atoms with van der Waals surface area (Å²) < 4.78 is 95.7. The Morgan fingerprint density at radius 1 is 0.978 bits per heavy atom. The molecule has 1 fully saturated rings. The molecule has 3 aromatic rings. The Bertz CT molecular complexity index is 1560. The Morgan fingerprint density at radius 2 is 1.58 bits per heavy atom. The summed E-state index contributed by atoms with van der Waals surface area (Å²) in [5.41, 5.74) is -3.97. The summed E-state index contributed by atoms with van der Waals surface area (Å²) in [5, 5.41) is 10.0. The highest BCUT2D eigenvalue weighted by molar-refractivity contribution is 6.03. The van der Waals surface area contributed by atoms with E-state index in [9.17, 15) is 45.4 Å². The highest BCUT2D eigenvalue weighted by atomic mass is 19.4. The maximum Gasteiger partial charge on any atom is 0.416 e. The topological polar surface area (TPSA) is 77.0 Å². The van der Waals surface area contributed by atoms with Gasteiger partial charge in [-0.05, 0) is 73.9 Å². The molecule has 0 saturated carbocycles. The molecule has 1 aromatic heterocycles.